The summed E-state index contributed by atoms with van der Waals surface area (Å²) in [6, 6.07) is 7.11. The van der Waals surface area contributed by atoms with E-state index in [0.717, 1.165) is 10.4 Å². The van der Waals surface area contributed by atoms with E-state index in [1.54, 1.807) is 0 Å². The van der Waals surface area contributed by atoms with Crippen LogP contribution in [0.4, 0.5) is 10.1 Å². The molecule has 0 atom stereocenters. The minimum absolute atomic E-state index is 0.126. The molecule has 3 rings (SSSR count). The smallest absolute Gasteiger partial charge is 0.298 e. The molecule has 0 bridgehead atoms. The summed E-state index contributed by atoms with van der Waals surface area (Å²) in [6.45, 7) is 5.88. The third kappa shape index (κ3) is 5.36. The van der Waals surface area contributed by atoms with E-state index in [1.807, 2.05) is 5.43 Å². The fourth-order valence-electron chi connectivity index (χ4n) is 3.42. The number of halogens is 2. The Morgan fingerprint density at radius 3 is 2.47 bits per heavy atom. The van der Waals surface area contributed by atoms with Gasteiger partial charge in [-0.2, -0.15) is 12.7 Å². The van der Waals surface area contributed by atoms with Crippen LogP contribution in [0, 0.1) is 5.82 Å². The van der Waals surface area contributed by atoms with Crippen molar-refractivity contribution < 1.29 is 17.6 Å². The number of rotatable bonds is 7. The van der Waals surface area contributed by atoms with Gasteiger partial charge in [-0.1, -0.05) is 11.6 Å². The number of hydrazine groups is 1. The normalized spacial score (nSPS) is 15.7. The molecule has 0 radical (unpaired) electrons. The Balaban J connectivity index is 1.92. The van der Waals surface area contributed by atoms with Gasteiger partial charge in [-0.25, -0.2) is 10.2 Å². The van der Waals surface area contributed by atoms with Crippen molar-refractivity contribution >= 4 is 33.4 Å². The van der Waals surface area contributed by atoms with E-state index in [1.165, 1.54) is 34.8 Å². The van der Waals surface area contributed by atoms with Crippen molar-refractivity contribution in [2.75, 3.05) is 30.5 Å². The van der Waals surface area contributed by atoms with E-state index in [2.05, 4.69) is 23.7 Å². The van der Waals surface area contributed by atoms with E-state index in [-0.39, 0.29) is 22.8 Å². The topological polar surface area (TPSA) is 112 Å². The van der Waals surface area contributed by atoms with Crippen molar-refractivity contribution in [2.45, 2.75) is 26.4 Å². The Kier molecular flexibility index (Phi) is 7.67. The lowest BCUT2D eigenvalue weighted by molar-refractivity contribution is 0.0953. The molecule has 1 amide bonds. The lowest BCUT2D eigenvalue weighted by Crippen LogP contribution is -2.54. The molecule has 3 N–H and O–H groups in total. The van der Waals surface area contributed by atoms with Crippen LogP contribution in [0.3, 0.4) is 0 Å². The minimum Gasteiger partial charge on any atom is -0.298 e. The fourth-order valence-corrected chi connectivity index (χ4v) is 5.17. The Bertz CT molecular complexity index is 1060. The lowest BCUT2D eigenvalue weighted by atomic mass is 10.2. The van der Waals surface area contributed by atoms with E-state index < -0.39 is 21.9 Å². The van der Waals surface area contributed by atoms with Gasteiger partial charge in [0.05, 0.1) is 28.5 Å². The molecule has 12 heteroatoms. The van der Waals surface area contributed by atoms with Gasteiger partial charge in [-0.15, -0.1) is 0 Å². The number of aromatic nitrogens is 1. The van der Waals surface area contributed by atoms with Gasteiger partial charge in [0.1, 0.15) is 5.82 Å². The van der Waals surface area contributed by atoms with Crippen LogP contribution >= 0.6 is 11.6 Å². The first kappa shape index (κ1) is 24.3. The van der Waals surface area contributed by atoms with Crippen molar-refractivity contribution in [3.05, 3.63) is 58.6 Å². The number of carbonyl (C=O) groups excluding carboxylic acids is 1. The van der Waals surface area contributed by atoms with Gasteiger partial charge in [0.2, 0.25) is 0 Å². The van der Waals surface area contributed by atoms with E-state index in [9.17, 15) is 17.6 Å². The molecule has 2 aromatic rings. The molecular weight excluding hydrogens is 459 g/mol. The van der Waals surface area contributed by atoms with Gasteiger partial charge in [-0.3, -0.25) is 24.4 Å². The van der Waals surface area contributed by atoms with Gasteiger partial charge in [-0.05, 0) is 44.2 Å². The van der Waals surface area contributed by atoms with E-state index >= 15 is 0 Å². The summed E-state index contributed by atoms with van der Waals surface area (Å²) in [5, 5.41) is -0.185. The van der Waals surface area contributed by atoms with Gasteiger partial charge in [0, 0.05) is 38.4 Å². The van der Waals surface area contributed by atoms with E-state index in [0.29, 0.717) is 37.9 Å². The highest BCUT2D eigenvalue weighted by Crippen LogP contribution is 2.28. The molecule has 1 fully saturated rings. The predicted octanol–water partition coefficient (Wildman–Crippen LogP) is 1.75. The van der Waals surface area contributed by atoms with Gasteiger partial charge in [0.15, 0.2) is 0 Å². The van der Waals surface area contributed by atoms with Crippen LogP contribution in [0.5, 0.6) is 0 Å². The third-order valence-electron chi connectivity index (χ3n) is 5.32. The highest BCUT2D eigenvalue weighted by atomic mass is 35.5. The van der Waals surface area contributed by atoms with Crippen molar-refractivity contribution in [3.8, 4) is 0 Å². The molecule has 2 heterocycles. The summed E-state index contributed by atoms with van der Waals surface area (Å²) in [7, 11) is -3.97. The molecule has 0 aliphatic carbocycles. The SMILES string of the molecule is CC(C)N1CCN(S(=O)(=O)N(Cc2ccc(C(=O)NN)cn2)c2ccc(F)c(Cl)c2)CC1. The van der Waals surface area contributed by atoms with Crippen LogP contribution in [0.15, 0.2) is 36.5 Å². The first-order chi connectivity index (χ1) is 15.1. The standard InChI is InChI=1S/C20H26ClFN6O3S/c1-14(2)26-7-9-27(10-8-26)32(30,31)28(17-5-6-19(22)18(21)11-17)13-16-4-3-15(12-24-16)20(29)25-23/h3-6,11-12,14H,7-10,13,23H2,1-2H3,(H,25,29). The van der Waals surface area contributed by atoms with Crippen LogP contribution in [-0.2, 0) is 16.8 Å². The number of pyridine rings is 1. The highest BCUT2D eigenvalue weighted by Gasteiger charge is 2.33. The average molecular weight is 485 g/mol. The van der Waals surface area contributed by atoms with Gasteiger partial charge < -0.3 is 0 Å². The van der Waals surface area contributed by atoms with E-state index in [4.69, 9.17) is 17.4 Å². The molecule has 32 heavy (non-hydrogen) atoms. The summed E-state index contributed by atoms with van der Waals surface area (Å²) in [5.41, 5.74) is 2.86. The molecule has 1 aliphatic heterocycles. The number of nitrogen functional groups attached to an aromatic ring is 1. The first-order valence-electron chi connectivity index (χ1n) is 10.1. The Morgan fingerprint density at radius 1 is 1.25 bits per heavy atom. The van der Waals surface area contributed by atoms with Crippen LogP contribution in [-0.4, -0.2) is 60.7 Å². The number of piperazine rings is 1. The summed E-state index contributed by atoms with van der Waals surface area (Å²) >= 11 is 5.93. The zero-order valence-corrected chi connectivity index (χ0v) is 19.4. The molecule has 9 nitrogen and oxygen atoms in total. The molecule has 174 valence electrons. The molecule has 1 saturated heterocycles. The summed E-state index contributed by atoms with van der Waals surface area (Å²) in [4.78, 5) is 18.0. The number of anilines is 1. The second kappa shape index (κ2) is 10.1. The van der Waals surface area contributed by atoms with Crippen molar-refractivity contribution in [2.24, 2.45) is 5.84 Å². The number of hydrogen-bond acceptors (Lipinski definition) is 6. The van der Waals surface area contributed by atoms with Crippen molar-refractivity contribution in [3.63, 3.8) is 0 Å². The largest absolute Gasteiger partial charge is 0.304 e. The summed E-state index contributed by atoms with van der Waals surface area (Å²) in [5.74, 6) is 3.97. The van der Waals surface area contributed by atoms with Crippen molar-refractivity contribution in [1.82, 2.24) is 19.6 Å². The number of nitrogens with one attached hydrogen (secondary N) is 1. The maximum atomic E-state index is 13.7. The monoisotopic (exact) mass is 484 g/mol. The molecule has 1 aromatic carbocycles. The number of benzene rings is 1. The second-order valence-electron chi connectivity index (χ2n) is 7.65. The minimum atomic E-state index is -3.97. The number of nitrogens with two attached hydrogens (primary N) is 1. The number of amides is 1. The van der Waals surface area contributed by atoms with Crippen LogP contribution in [0.2, 0.25) is 5.02 Å². The van der Waals surface area contributed by atoms with Crippen LogP contribution in [0.1, 0.15) is 29.9 Å². The number of hydrogen-bond donors (Lipinski definition) is 2. The van der Waals surface area contributed by atoms with Gasteiger partial charge >= 0.3 is 10.2 Å². The zero-order chi connectivity index (χ0) is 23.5. The molecule has 0 saturated carbocycles. The Hall–Kier alpha value is -2.31. The fraction of sp³-hybridized carbons (Fsp3) is 0.400. The molecule has 1 aliphatic rings. The Morgan fingerprint density at radius 2 is 1.94 bits per heavy atom. The average Bonchev–Trinajstić information content (AvgIpc) is 2.79. The van der Waals surface area contributed by atoms with Crippen LogP contribution in [0.25, 0.3) is 0 Å². The number of nitrogens with zero attached hydrogens (tertiary/aromatic N) is 4. The maximum Gasteiger partial charge on any atom is 0.304 e. The molecule has 0 spiro atoms. The summed E-state index contributed by atoms with van der Waals surface area (Å²) < 4.78 is 43.4. The lowest BCUT2D eigenvalue weighted by Gasteiger charge is -2.38. The molecule has 1 aromatic heterocycles. The van der Waals surface area contributed by atoms with Gasteiger partial charge in [0.25, 0.3) is 5.91 Å². The zero-order valence-electron chi connectivity index (χ0n) is 17.8. The Labute approximate surface area is 192 Å². The highest BCUT2D eigenvalue weighted by molar-refractivity contribution is 7.90. The molecule has 0 unspecified atom stereocenters. The second-order valence-corrected chi connectivity index (χ2v) is 9.91. The third-order valence-corrected chi connectivity index (χ3v) is 7.53. The van der Waals surface area contributed by atoms with Crippen molar-refractivity contribution in [1.29, 1.82) is 0 Å². The predicted molar refractivity (Wildman–Crippen MR) is 121 cm³/mol. The van der Waals surface area contributed by atoms with Crippen LogP contribution < -0.4 is 15.6 Å². The molecular formula is C20H26ClFN6O3S. The summed E-state index contributed by atoms with van der Waals surface area (Å²) in [6.07, 6.45) is 1.31. The number of carbonyl (C=O) groups is 1. The maximum absolute atomic E-state index is 13.7. The first-order valence-corrected chi connectivity index (χ1v) is 11.8. The quantitative estimate of drug-likeness (QED) is 0.352.